The Hall–Kier alpha value is -2.07. The van der Waals surface area contributed by atoms with Crippen LogP contribution in [0.15, 0.2) is 40.8 Å². The fraction of sp³-hybridized carbons (Fsp3) is 0.421. The Kier molecular flexibility index (Phi) is 4.82. The van der Waals surface area contributed by atoms with E-state index in [1.807, 2.05) is 30.9 Å². The molecule has 1 fully saturated rings. The zero-order valence-electron chi connectivity index (χ0n) is 13.9. The van der Waals surface area contributed by atoms with Crippen LogP contribution in [0.1, 0.15) is 27.4 Å². The smallest absolute Gasteiger partial charge is 0.257 e. The highest BCUT2D eigenvalue weighted by Crippen LogP contribution is 2.17. The fourth-order valence-electron chi connectivity index (χ4n) is 3.12. The molecule has 1 aromatic heterocycles. The van der Waals surface area contributed by atoms with Crippen LogP contribution in [-0.2, 0) is 6.42 Å². The molecule has 1 saturated heterocycles. The molecule has 2 aromatic rings. The zero-order valence-corrected chi connectivity index (χ0v) is 13.9. The van der Waals surface area contributed by atoms with E-state index in [2.05, 4.69) is 29.2 Å². The number of aryl methyl sites for hydroxylation is 2. The van der Waals surface area contributed by atoms with Gasteiger partial charge in [0, 0.05) is 32.7 Å². The van der Waals surface area contributed by atoms with Crippen molar-refractivity contribution in [1.82, 2.24) is 9.80 Å². The summed E-state index contributed by atoms with van der Waals surface area (Å²) in [7, 11) is 0. The molecule has 0 aliphatic carbocycles. The molecular weight excluding hydrogens is 288 g/mol. The molecule has 23 heavy (non-hydrogen) atoms. The Balaban J connectivity index is 1.50. The van der Waals surface area contributed by atoms with E-state index >= 15 is 0 Å². The maximum absolute atomic E-state index is 12.6. The topological polar surface area (TPSA) is 36.7 Å². The summed E-state index contributed by atoms with van der Waals surface area (Å²) in [5, 5.41) is 0. The van der Waals surface area contributed by atoms with E-state index < -0.39 is 0 Å². The summed E-state index contributed by atoms with van der Waals surface area (Å²) in [5.41, 5.74) is 2.08. The molecule has 0 atom stereocenters. The maximum Gasteiger partial charge on any atom is 0.257 e. The van der Waals surface area contributed by atoms with Crippen molar-refractivity contribution in [2.24, 2.45) is 0 Å². The van der Waals surface area contributed by atoms with Crippen LogP contribution < -0.4 is 0 Å². The van der Waals surface area contributed by atoms with Crippen LogP contribution in [0.3, 0.4) is 0 Å². The van der Waals surface area contributed by atoms with Crippen LogP contribution in [-0.4, -0.2) is 48.4 Å². The second kappa shape index (κ2) is 7.01. The SMILES string of the molecule is Cc1cc(C(=O)N2CCN(CCc3ccccc3)CC2)c(C)o1. The van der Waals surface area contributed by atoms with Crippen LogP contribution in [0.5, 0.6) is 0 Å². The molecule has 0 N–H and O–H groups in total. The number of amides is 1. The van der Waals surface area contributed by atoms with Gasteiger partial charge >= 0.3 is 0 Å². The van der Waals surface area contributed by atoms with Gasteiger partial charge in [-0.2, -0.15) is 0 Å². The molecule has 4 nitrogen and oxygen atoms in total. The molecule has 1 aliphatic heterocycles. The fourth-order valence-corrected chi connectivity index (χ4v) is 3.12. The summed E-state index contributed by atoms with van der Waals surface area (Å²) in [6.07, 6.45) is 1.06. The molecule has 1 amide bonds. The Morgan fingerprint density at radius 2 is 1.78 bits per heavy atom. The molecule has 1 aromatic carbocycles. The van der Waals surface area contributed by atoms with Gasteiger partial charge in [0.25, 0.3) is 5.91 Å². The largest absolute Gasteiger partial charge is 0.466 e. The number of carbonyl (C=O) groups is 1. The van der Waals surface area contributed by atoms with Gasteiger partial charge in [-0.3, -0.25) is 9.69 Å². The Morgan fingerprint density at radius 1 is 1.09 bits per heavy atom. The lowest BCUT2D eigenvalue weighted by atomic mass is 10.1. The summed E-state index contributed by atoms with van der Waals surface area (Å²) in [5.74, 6) is 1.62. The predicted molar refractivity (Wildman–Crippen MR) is 90.7 cm³/mol. The van der Waals surface area contributed by atoms with Gasteiger partial charge in [0.1, 0.15) is 11.5 Å². The van der Waals surface area contributed by atoms with Gasteiger partial charge in [-0.05, 0) is 31.9 Å². The average molecular weight is 312 g/mol. The van der Waals surface area contributed by atoms with Crippen LogP contribution in [0.25, 0.3) is 0 Å². The number of hydrogen-bond donors (Lipinski definition) is 0. The molecule has 0 radical (unpaired) electrons. The summed E-state index contributed by atoms with van der Waals surface area (Å²) >= 11 is 0. The second-order valence-electron chi connectivity index (χ2n) is 6.20. The highest BCUT2D eigenvalue weighted by molar-refractivity contribution is 5.95. The summed E-state index contributed by atoms with van der Waals surface area (Å²) in [6, 6.07) is 12.4. The minimum Gasteiger partial charge on any atom is -0.466 e. The number of benzene rings is 1. The van der Waals surface area contributed by atoms with Gasteiger partial charge in [0.2, 0.25) is 0 Å². The Labute approximate surface area is 137 Å². The monoisotopic (exact) mass is 312 g/mol. The lowest BCUT2D eigenvalue weighted by molar-refractivity contribution is 0.0637. The van der Waals surface area contributed by atoms with Gasteiger partial charge in [-0.25, -0.2) is 0 Å². The molecule has 3 rings (SSSR count). The van der Waals surface area contributed by atoms with Crippen molar-refractivity contribution >= 4 is 5.91 Å². The van der Waals surface area contributed by atoms with Crippen molar-refractivity contribution in [2.45, 2.75) is 20.3 Å². The minimum atomic E-state index is 0.0991. The van der Waals surface area contributed by atoms with E-state index in [0.717, 1.165) is 50.7 Å². The number of rotatable bonds is 4. The van der Waals surface area contributed by atoms with Crippen molar-refractivity contribution in [2.75, 3.05) is 32.7 Å². The van der Waals surface area contributed by atoms with Gasteiger partial charge in [-0.1, -0.05) is 30.3 Å². The number of nitrogens with zero attached hydrogens (tertiary/aromatic N) is 2. The Morgan fingerprint density at radius 3 is 2.39 bits per heavy atom. The zero-order chi connectivity index (χ0) is 16.2. The number of piperazine rings is 1. The standard InChI is InChI=1S/C19H24N2O2/c1-15-14-18(16(2)23-15)19(22)21-12-10-20(11-13-21)9-8-17-6-4-3-5-7-17/h3-7,14H,8-13H2,1-2H3. The van der Waals surface area contributed by atoms with E-state index in [4.69, 9.17) is 4.42 Å². The molecule has 0 saturated carbocycles. The van der Waals surface area contributed by atoms with Gasteiger partial charge in [0.15, 0.2) is 0 Å². The third kappa shape index (κ3) is 3.82. The molecule has 0 bridgehead atoms. The highest BCUT2D eigenvalue weighted by Gasteiger charge is 2.24. The van der Waals surface area contributed by atoms with Crippen LogP contribution in [0, 0.1) is 13.8 Å². The van der Waals surface area contributed by atoms with Crippen molar-refractivity contribution < 1.29 is 9.21 Å². The van der Waals surface area contributed by atoms with E-state index in [-0.39, 0.29) is 5.91 Å². The van der Waals surface area contributed by atoms with E-state index in [9.17, 15) is 4.79 Å². The second-order valence-corrected chi connectivity index (χ2v) is 6.20. The summed E-state index contributed by atoms with van der Waals surface area (Å²) in [4.78, 5) is 16.9. The molecule has 0 unspecified atom stereocenters. The number of carbonyl (C=O) groups excluding carboxylic acids is 1. The van der Waals surface area contributed by atoms with Crippen molar-refractivity contribution in [3.8, 4) is 0 Å². The lowest BCUT2D eigenvalue weighted by Gasteiger charge is -2.34. The van der Waals surface area contributed by atoms with Crippen molar-refractivity contribution in [3.05, 3.63) is 59.0 Å². The first-order valence-corrected chi connectivity index (χ1v) is 8.26. The van der Waals surface area contributed by atoms with E-state index in [1.54, 1.807) is 0 Å². The maximum atomic E-state index is 12.6. The third-order valence-corrected chi connectivity index (χ3v) is 4.49. The number of hydrogen-bond acceptors (Lipinski definition) is 3. The molecule has 1 aliphatic rings. The highest BCUT2D eigenvalue weighted by atomic mass is 16.3. The van der Waals surface area contributed by atoms with Crippen LogP contribution in [0.2, 0.25) is 0 Å². The molecule has 2 heterocycles. The predicted octanol–water partition coefficient (Wildman–Crippen LogP) is 2.90. The van der Waals surface area contributed by atoms with Gasteiger partial charge in [0.05, 0.1) is 5.56 Å². The summed E-state index contributed by atoms with van der Waals surface area (Å²) in [6.45, 7) is 8.25. The normalized spacial score (nSPS) is 15.8. The molecule has 122 valence electrons. The third-order valence-electron chi connectivity index (χ3n) is 4.49. The van der Waals surface area contributed by atoms with Crippen LogP contribution >= 0.6 is 0 Å². The first kappa shape index (κ1) is 15.8. The van der Waals surface area contributed by atoms with Gasteiger partial charge < -0.3 is 9.32 Å². The quantitative estimate of drug-likeness (QED) is 0.871. The first-order valence-electron chi connectivity index (χ1n) is 8.26. The Bertz CT molecular complexity index is 655. The van der Waals surface area contributed by atoms with E-state index in [1.165, 1.54) is 5.56 Å². The van der Waals surface area contributed by atoms with Crippen molar-refractivity contribution in [3.63, 3.8) is 0 Å². The average Bonchev–Trinajstić information content (AvgIpc) is 2.92. The van der Waals surface area contributed by atoms with E-state index in [0.29, 0.717) is 5.56 Å². The first-order chi connectivity index (χ1) is 11.1. The van der Waals surface area contributed by atoms with Gasteiger partial charge in [-0.15, -0.1) is 0 Å². The lowest BCUT2D eigenvalue weighted by Crippen LogP contribution is -2.49. The molecule has 4 heteroatoms. The molecular formula is C19H24N2O2. The van der Waals surface area contributed by atoms with Crippen LogP contribution in [0.4, 0.5) is 0 Å². The number of furan rings is 1. The minimum absolute atomic E-state index is 0.0991. The molecule has 0 spiro atoms. The van der Waals surface area contributed by atoms with Crippen molar-refractivity contribution in [1.29, 1.82) is 0 Å². The summed E-state index contributed by atoms with van der Waals surface area (Å²) < 4.78 is 5.48.